The van der Waals surface area contributed by atoms with Crippen molar-refractivity contribution in [3.63, 3.8) is 0 Å². The monoisotopic (exact) mass is 301 g/mol. The van der Waals surface area contributed by atoms with E-state index in [0.717, 1.165) is 18.8 Å². The summed E-state index contributed by atoms with van der Waals surface area (Å²) in [7, 11) is -1.35. The highest BCUT2D eigenvalue weighted by molar-refractivity contribution is 7.89. The van der Waals surface area contributed by atoms with E-state index in [-0.39, 0.29) is 5.75 Å². The van der Waals surface area contributed by atoms with Crippen molar-refractivity contribution in [2.75, 3.05) is 18.8 Å². The molecule has 0 bridgehead atoms. The Morgan fingerprint density at radius 1 is 1.50 bits per heavy atom. The summed E-state index contributed by atoms with van der Waals surface area (Å²) in [6, 6.07) is 0.346. The summed E-state index contributed by atoms with van der Waals surface area (Å²) < 4.78 is 28.2. The first-order valence-electron chi connectivity index (χ1n) is 7.10. The molecule has 1 atom stereocenters. The molecule has 7 nitrogen and oxygen atoms in total. The summed E-state index contributed by atoms with van der Waals surface area (Å²) >= 11 is 0. The second-order valence-corrected chi connectivity index (χ2v) is 7.18. The van der Waals surface area contributed by atoms with Gasteiger partial charge >= 0.3 is 0 Å². The fraction of sp³-hybridized carbons (Fsp3) is 0.833. The molecule has 0 radical (unpaired) electrons. The van der Waals surface area contributed by atoms with Crippen LogP contribution in [-0.2, 0) is 23.5 Å². The number of aromatic nitrogens is 3. The summed E-state index contributed by atoms with van der Waals surface area (Å²) in [6.45, 7) is 1.37. The molecular weight excluding hydrogens is 278 g/mol. The normalized spacial score (nSPS) is 20.1. The van der Waals surface area contributed by atoms with Crippen molar-refractivity contribution in [3.8, 4) is 0 Å². The van der Waals surface area contributed by atoms with Crippen molar-refractivity contribution in [3.05, 3.63) is 12.2 Å². The maximum Gasteiger partial charge on any atom is 0.211 e. The van der Waals surface area contributed by atoms with Crippen LogP contribution in [-0.4, -0.2) is 48.1 Å². The molecule has 1 saturated heterocycles. The van der Waals surface area contributed by atoms with Gasteiger partial charge in [0.1, 0.15) is 12.2 Å². The minimum absolute atomic E-state index is 0.184. The topological polar surface area (TPSA) is 88.9 Å². The average Bonchev–Trinajstić information content (AvgIpc) is 2.83. The van der Waals surface area contributed by atoms with E-state index in [4.69, 9.17) is 0 Å². The Labute approximate surface area is 120 Å². The molecule has 2 rings (SSSR count). The lowest BCUT2D eigenvalue weighted by Gasteiger charge is -2.23. The highest BCUT2D eigenvalue weighted by Gasteiger charge is 2.17. The van der Waals surface area contributed by atoms with Crippen molar-refractivity contribution in [2.45, 2.75) is 38.1 Å². The Morgan fingerprint density at radius 3 is 3.00 bits per heavy atom. The van der Waals surface area contributed by atoms with Gasteiger partial charge in [0.25, 0.3) is 0 Å². The molecule has 0 spiro atoms. The highest BCUT2D eigenvalue weighted by Crippen LogP contribution is 2.10. The lowest BCUT2D eigenvalue weighted by Crippen LogP contribution is -2.37. The van der Waals surface area contributed by atoms with Gasteiger partial charge in [0.2, 0.25) is 10.0 Å². The first-order valence-corrected chi connectivity index (χ1v) is 8.76. The first-order chi connectivity index (χ1) is 9.57. The SMILES string of the molecule is Cn1cnnc1CCNS(=O)(=O)CCC1CCCCN1. The molecule has 1 aliphatic heterocycles. The summed E-state index contributed by atoms with van der Waals surface area (Å²) in [5, 5.41) is 11.0. The third-order valence-electron chi connectivity index (χ3n) is 3.62. The molecule has 8 heteroatoms. The lowest BCUT2D eigenvalue weighted by atomic mass is 10.0. The number of piperidine rings is 1. The predicted octanol–water partition coefficient (Wildman–Crippen LogP) is -0.191. The van der Waals surface area contributed by atoms with E-state index in [1.54, 1.807) is 10.9 Å². The van der Waals surface area contributed by atoms with E-state index < -0.39 is 10.0 Å². The van der Waals surface area contributed by atoms with Crippen LogP contribution in [0.15, 0.2) is 6.33 Å². The van der Waals surface area contributed by atoms with Crippen LogP contribution in [0.1, 0.15) is 31.5 Å². The van der Waals surface area contributed by atoms with Crippen LogP contribution in [0.4, 0.5) is 0 Å². The quantitative estimate of drug-likeness (QED) is 0.728. The van der Waals surface area contributed by atoms with Crippen LogP contribution in [0.2, 0.25) is 0 Å². The molecule has 1 aromatic heterocycles. The fourth-order valence-electron chi connectivity index (χ4n) is 2.39. The van der Waals surface area contributed by atoms with Gasteiger partial charge in [-0.3, -0.25) is 0 Å². The molecule has 1 aromatic rings. The van der Waals surface area contributed by atoms with E-state index in [9.17, 15) is 8.42 Å². The van der Waals surface area contributed by atoms with Gasteiger partial charge < -0.3 is 9.88 Å². The first kappa shape index (κ1) is 15.4. The standard InChI is InChI=1S/C12H23N5O2S/c1-17-10-14-16-12(17)5-8-15-20(18,19)9-6-11-4-2-3-7-13-11/h10-11,13,15H,2-9H2,1H3. The van der Waals surface area contributed by atoms with Gasteiger partial charge in [-0.15, -0.1) is 10.2 Å². The van der Waals surface area contributed by atoms with Gasteiger partial charge in [-0.2, -0.15) is 0 Å². The van der Waals surface area contributed by atoms with Gasteiger partial charge in [-0.25, -0.2) is 13.1 Å². The van der Waals surface area contributed by atoms with Crippen LogP contribution >= 0.6 is 0 Å². The van der Waals surface area contributed by atoms with Crippen molar-refractivity contribution in [1.82, 2.24) is 24.8 Å². The van der Waals surface area contributed by atoms with E-state index in [2.05, 4.69) is 20.2 Å². The van der Waals surface area contributed by atoms with Crippen molar-refractivity contribution in [2.24, 2.45) is 7.05 Å². The molecule has 0 saturated carbocycles. The number of nitrogens with one attached hydrogen (secondary N) is 2. The number of hydrogen-bond donors (Lipinski definition) is 2. The number of rotatable bonds is 7. The molecule has 20 heavy (non-hydrogen) atoms. The summed E-state index contributed by atoms with van der Waals surface area (Å²) in [6.07, 6.45) is 6.31. The second kappa shape index (κ2) is 7.14. The molecule has 2 N–H and O–H groups in total. The fourth-order valence-corrected chi connectivity index (χ4v) is 3.54. The van der Waals surface area contributed by atoms with Crippen LogP contribution in [0.3, 0.4) is 0 Å². The number of nitrogens with zero attached hydrogens (tertiary/aromatic N) is 3. The number of sulfonamides is 1. The van der Waals surface area contributed by atoms with Gasteiger partial charge in [-0.05, 0) is 25.8 Å². The van der Waals surface area contributed by atoms with Crippen LogP contribution < -0.4 is 10.0 Å². The van der Waals surface area contributed by atoms with Crippen LogP contribution in [0.25, 0.3) is 0 Å². The van der Waals surface area contributed by atoms with Gasteiger partial charge in [-0.1, -0.05) is 6.42 Å². The maximum atomic E-state index is 11.9. The Bertz CT molecular complexity index is 508. The Balaban J connectivity index is 1.69. The molecule has 1 unspecified atom stereocenters. The Morgan fingerprint density at radius 2 is 2.35 bits per heavy atom. The molecule has 2 heterocycles. The molecule has 1 aliphatic rings. The van der Waals surface area contributed by atoms with Gasteiger partial charge in [0, 0.05) is 26.1 Å². The molecule has 1 fully saturated rings. The molecule has 0 aliphatic carbocycles. The average molecular weight is 301 g/mol. The molecular formula is C12H23N5O2S. The molecule has 0 amide bonds. The summed E-state index contributed by atoms with van der Waals surface area (Å²) in [5.74, 6) is 0.963. The summed E-state index contributed by atoms with van der Waals surface area (Å²) in [4.78, 5) is 0. The second-order valence-electron chi connectivity index (χ2n) is 5.26. The third-order valence-corrected chi connectivity index (χ3v) is 5.04. The minimum Gasteiger partial charge on any atom is -0.321 e. The number of hydrogen-bond acceptors (Lipinski definition) is 5. The van der Waals surface area contributed by atoms with Gasteiger partial charge in [0.15, 0.2) is 0 Å². The van der Waals surface area contributed by atoms with Crippen molar-refractivity contribution < 1.29 is 8.42 Å². The Hall–Kier alpha value is -0.990. The zero-order valence-electron chi connectivity index (χ0n) is 11.9. The lowest BCUT2D eigenvalue weighted by molar-refractivity contribution is 0.392. The maximum absolute atomic E-state index is 11.9. The zero-order valence-corrected chi connectivity index (χ0v) is 12.7. The Kier molecular flexibility index (Phi) is 5.50. The summed E-state index contributed by atoms with van der Waals surface area (Å²) in [5.41, 5.74) is 0. The van der Waals surface area contributed by atoms with E-state index in [1.807, 2.05) is 7.05 Å². The zero-order chi connectivity index (χ0) is 14.4. The van der Waals surface area contributed by atoms with Gasteiger partial charge in [0.05, 0.1) is 5.75 Å². The van der Waals surface area contributed by atoms with E-state index in [1.165, 1.54) is 12.8 Å². The van der Waals surface area contributed by atoms with Crippen molar-refractivity contribution >= 4 is 10.0 Å². The highest BCUT2D eigenvalue weighted by atomic mass is 32.2. The molecule has 0 aromatic carbocycles. The smallest absolute Gasteiger partial charge is 0.211 e. The third kappa shape index (κ3) is 4.84. The van der Waals surface area contributed by atoms with E-state index >= 15 is 0 Å². The largest absolute Gasteiger partial charge is 0.321 e. The van der Waals surface area contributed by atoms with Crippen molar-refractivity contribution in [1.29, 1.82) is 0 Å². The van der Waals surface area contributed by atoms with Crippen LogP contribution in [0.5, 0.6) is 0 Å². The number of aryl methyl sites for hydroxylation is 1. The minimum atomic E-state index is -3.19. The van der Waals surface area contributed by atoms with Crippen LogP contribution in [0, 0.1) is 0 Å². The predicted molar refractivity (Wildman–Crippen MR) is 76.8 cm³/mol. The van der Waals surface area contributed by atoms with E-state index in [0.29, 0.717) is 25.4 Å². The molecule has 114 valence electrons.